The molecule has 13 nitrogen and oxygen atoms in total. The van der Waals surface area contributed by atoms with E-state index in [1.807, 2.05) is 32.4 Å². The summed E-state index contributed by atoms with van der Waals surface area (Å²) in [7, 11) is -3.64. The Labute approximate surface area is 285 Å². The van der Waals surface area contributed by atoms with Crippen molar-refractivity contribution in [2.24, 2.45) is 5.92 Å². The molecule has 3 fully saturated rings. The predicted molar refractivity (Wildman–Crippen MR) is 182 cm³/mol. The van der Waals surface area contributed by atoms with Crippen LogP contribution in [0.1, 0.15) is 63.4 Å². The number of aromatic nitrogens is 2. The maximum Gasteiger partial charge on any atom is 0.248 e. The number of piperazine rings is 1. The summed E-state index contributed by atoms with van der Waals surface area (Å²) in [5.74, 6) is -0.511. The van der Waals surface area contributed by atoms with Gasteiger partial charge in [-0.2, -0.15) is 5.10 Å². The summed E-state index contributed by atoms with van der Waals surface area (Å²) in [5, 5.41) is 18.4. The highest BCUT2D eigenvalue weighted by atomic mass is 32.2. The fourth-order valence-electron chi connectivity index (χ4n) is 7.07. The van der Waals surface area contributed by atoms with Gasteiger partial charge in [0.05, 0.1) is 35.6 Å². The molecule has 1 aromatic heterocycles. The molecule has 1 aromatic carbocycles. The van der Waals surface area contributed by atoms with Gasteiger partial charge < -0.3 is 20.1 Å². The smallest absolute Gasteiger partial charge is 0.248 e. The normalized spacial score (nSPS) is 21.6. The maximum absolute atomic E-state index is 13.7. The number of carbonyl (C=O) groups excluding carboxylic acids is 2. The number of likely N-dealkylation sites (tertiary alicyclic amines) is 1. The second kappa shape index (κ2) is 15.3. The minimum atomic E-state index is -3.64. The van der Waals surface area contributed by atoms with Gasteiger partial charge in [0.1, 0.15) is 11.6 Å². The number of unbranched alkanes of at least 4 members (excludes halogenated alkanes) is 1. The van der Waals surface area contributed by atoms with E-state index >= 15 is 0 Å². The number of aryl methyl sites for hydroxylation is 1. The van der Waals surface area contributed by atoms with E-state index in [1.54, 1.807) is 29.2 Å². The highest BCUT2D eigenvalue weighted by Gasteiger charge is 2.54. The van der Waals surface area contributed by atoms with E-state index in [4.69, 9.17) is 9.84 Å². The number of aliphatic hydroxyl groups excluding tert-OH is 1. The van der Waals surface area contributed by atoms with E-state index in [0.717, 1.165) is 48.6 Å². The molecule has 0 unspecified atom stereocenters. The molecule has 4 heterocycles. The zero-order valence-electron chi connectivity index (χ0n) is 29.1. The third-order valence-electron chi connectivity index (χ3n) is 10.2. The number of rotatable bonds is 13. The Morgan fingerprint density at radius 3 is 2.33 bits per heavy atom. The van der Waals surface area contributed by atoms with Crippen LogP contribution in [0.5, 0.6) is 0 Å². The van der Waals surface area contributed by atoms with Crippen molar-refractivity contribution in [3.8, 4) is 5.69 Å². The summed E-state index contributed by atoms with van der Waals surface area (Å²) in [5.41, 5.74) is 2.79. The van der Waals surface area contributed by atoms with E-state index in [2.05, 4.69) is 26.8 Å². The molecule has 3 aliphatic heterocycles. The van der Waals surface area contributed by atoms with Crippen molar-refractivity contribution in [1.29, 1.82) is 0 Å². The van der Waals surface area contributed by atoms with Crippen molar-refractivity contribution in [2.45, 2.75) is 89.4 Å². The zero-order valence-corrected chi connectivity index (χ0v) is 29.9. The van der Waals surface area contributed by atoms with Gasteiger partial charge in [-0.1, -0.05) is 27.2 Å². The number of carbonyl (C=O) groups is 2. The van der Waals surface area contributed by atoms with E-state index < -0.39 is 27.7 Å². The van der Waals surface area contributed by atoms with Crippen LogP contribution in [0.4, 0.5) is 0 Å². The first-order valence-electron chi connectivity index (χ1n) is 17.4. The van der Waals surface area contributed by atoms with Gasteiger partial charge in [0.25, 0.3) is 0 Å². The number of aliphatic hydroxyl groups is 1. The van der Waals surface area contributed by atoms with E-state index in [0.29, 0.717) is 65.3 Å². The van der Waals surface area contributed by atoms with Crippen molar-refractivity contribution >= 4 is 21.8 Å². The van der Waals surface area contributed by atoms with E-state index in [1.165, 1.54) is 0 Å². The predicted octanol–water partition coefficient (Wildman–Crippen LogP) is 1.58. The van der Waals surface area contributed by atoms with Gasteiger partial charge in [-0.3, -0.25) is 19.4 Å². The van der Waals surface area contributed by atoms with Crippen LogP contribution < -0.4 is 10.0 Å². The molecule has 3 saturated heterocycles. The van der Waals surface area contributed by atoms with Crippen LogP contribution in [0, 0.1) is 19.8 Å². The van der Waals surface area contributed by atoms with Crippen molar-refractivity contribution in [2.75, 3.05) is 59.0 Å². The van der Waals surface area contributed by atoms with Crippen molar-refractivity contribution in [1.82, 2.24) is 34.5 Å². The Morgan fingerprint density at radius 1 is 1.04 bits per heavy atom. The zero-order chi connectivity index (χ0) is 34.6. The number of benzene rings is 1. The van der Waals surface area contributed by atoms with Crippen LogP contribution in [0.15, 0.2) is 29.2 Å². The molecule has 14 heteroatoms. The summed E-state index contributed by atoms with van der Waals surface area (Å²) in [6.45, 7) is 16.1. The number of nitrogens with one attached hydrogen (secondary N) is 2. The van der Waals surface area contributed by atoms with Gasteiger partial charge in [0.15, 0.2) is 0 Å². The summed E-state index contributed by atoms with van der Waals surface area (Å²) in [6, 6.07) is 5.85. The van der Waals surface area contributed by atoms with Crippen molar-refractivity contribution < 1.29 is 27.9 Å². The molecule has 3 aliphatic rings. The van der Waals surface area contributed by atoms with Gasteiger partial charge in [0, 0.05) is 63.6 Å². The Bertz CT molecular complexity index is 1530. The Kier molecular flexibility index (Phi) is 11.6. The molecule has 2 atom stereocenters. The number of sulfonamides is 1. The van der Waals surface area contributed by atoms with E-state index in [-0.39, 0.29) is 22.6 Å². The second-order valence-corrected chi connectivity index (χ2v) is 15.5. The Morgan fingerprint density at radius 2 is 1.71 bits per heavy atom. The minimum Gasteiger partial charge on any atom is -0.390 e. The van der Waals surface area contributed by atoms with Crippen LogP contribution in [0.25, 0.3) is 5.69 Å². The first-order chi connectivity index (χ1) is 22.9. The SMILES string of the molecule is CCCCN1C(=O)[C@@H]([C@H](O)C(C)C)NC(=O)C12CCN(Cc1c(C)nn(-c3ccc(S(=O)(=O)NCCN4CCOCC4)cc3)c1C)CC2. The van der Waals surface area contributed by atoms with Crippen LogP contribution in [0.3, 0.4) is 0 Å². The maximum atomic E-state index is 13.7. The molecule has 266 valence electrons. The van der Waals surface area contributed by atoms with E-state index in [9.17, 15) is 23.1 Å². The van der Waals surface area contributed by atoms with Gasteiger partial charge in [0.2, 0.25) is 21.8 Å². The first-order valence-corrected chi connectivity index (χ1v) is 18.8. The molecule has 0 radical (unpaired) electrons. The highest BCUT2D eigenvalue weighted by molar-refractivity contribution is 7.89. The highest BCUT2D eigenvalue weighted by Crippen LogP contribution is 2.35. The van der Waals surface area contributed by atoms with Gasteiger partial charge in [-0.25, -0.2) is 17.8 Å². The molecule has 1 spiro atoms. The lowest BCUT2D eigenvalue weighted by Gasteiger charge is -2.52. The number of piperidine rings is 1. The van der Waals surface area contributed by atoms with Crippen molar-refractivity contribution in [3.63, 3.8) is 0 Å². The van der Waals surface area contributed by atoms with Gasteiger partial charge in [-0.05, 0) is 63.3 Å². The first kappa shape index (κ1) is 36.4. The lowest BCUT2D eigenvalue weighted by molar-refractivity contribution is -0.165. The van der Waals surface area contributed by atoms with Crippen LogP contribution >= 0.6 is 0 Å². The van der Waals surface area contributed by atoms with Gasteiger partial charge >= 0.3 is 0 Å². The standard InChI is InChI=1S/C34H53N7O6S/c1-6-7-15-40-32(43)30(31(42)24(2)3)36-33(44)34(40)12-16-39(17-13-34)23-29-25(4)37-41(26(29)5)27-8-10-28(11-9-27)48(45,46)35-14-18-38-19-21-47-22-20-38/h8-11,24,30-31,35,42H,6-7,12-23H2,1-5H3,(H,36,44)/t30-,31-/m1/s1. The third-order valence-corrected chi connectivity index (χ3v) is 11.7. The third kappa shape index (κ3) is 7.63. The molecule has 2 amide bonds. The fraction of sp³-hybridized carbons (Fsp3) is 0.676. The monoisotopic (exact) mass is 687 g/mol. The number of morpholine rings is 1. The molecular weight excluding hydrogens is 634 g/mol. The number of nitrogens with zero attached hydrogens (tertiary/aromatic N) is 5. The average molecular weight is 688 g/mol. The number of ether oxygens (including phenoxy) is 1. The molecule has 5 rings (SSSR count). The molecular formula is C34H53N7O6S. The average Bonchev–Trinajstić information content (AvgIpc) is 3.35. The lowest BCUT2D eigenvalue weighted by Crippen LogP contribution is -2.74. The quantitative estimate of drug-likeness (QED) is 0.286. The number of hydrogen-bond donors (Lipinski definition) is 3. The second-order valence-electron chi connectivity index (χ2n) is 13.7. The molecule has 0 aliphatic carbocycles. The summed E-state index contributed by atoms with van der Waals surface area (Å²) in [4.78, 5) is 33.8. The molecule has 3 N–H and O–H groups in total. The van der Waals surface area contributed by atoms with Crippen LogP contribution in [0.2, 0.25) is 0 Å². The van der Waals surface area contributed by atoms with Crippen LogP contribution in [-0.4, -0.2) is 127 Å². The van der Waals surface area contributed by atoms with Crippen LogP contribution in [-0.2, 0) is 30.9 Å². The topological polar surface area (TPSA) is 149 Å². The fourth-order valence-corrected chi connectivity index (χ4v) is 8.09. The number of amides is 2. The molecule has 0 bridgehead atoms. The largest absolute Gasteiger partial charge is 0.390 e. The summed E-state index contributed by atoms with van der Waals surface area (Å²) >= 11 is 0. The molecule has 2 aromatic rings. The Balaban J connectivity index is 1.23. The van der Waals surface area contributed by atoms with Crippen molar-refractivity contribution in [3.05, 3.63) is 41.2 Å². The summed E-state index contributed by atoms with van der Waals surface area (Å²) in [6.07, 6.45) is 1.79. The minimum absolute atomic E-state index is 0.158. The lowest BCUT2D eigenvalue weighted by atomic mass is 9.80. The molecule has 48 heavy (non-hydrogen) atoms. The molecule has 0 saturated carbocycles. The number of hydrogen-bond acceptors (Lipinski definition) is 9. The summed E-state index contributed by atoms with van der Waals surface area (Å²) < 4.78 is 35.8. The van der Waals surface area contributed by atoms with Gasteiger partial charge in [-0.15, -0.1) is 0 Å². The Hall–Kier alpha value is -2.88.